The first-order valence-electron chi connectivity index (χ1n) is 6.69. The molecule has 1 aromatic heterocycles. The second-order valence-corrected chi connectivity index (χ2v) is 5.83. The Kier molecular flexibility index (Phi) is 3.80. The normalized spacial score (nSPS) is 10.8. The van der Waals surface area contributed by atoms with Gasteiger partial charge < -0.3 is 9.73 Å². The lowest BCUT2D eigenvalue weighted by molar-refractivity contribution is 0.619. The van der Waals surface area contributed by atoms with Crippen molar-refractivity contribution in [1.82, 2.24) is 4.98 Å². The van der Waals surface area contributed by atoms with Crippen LogP contribution in [0.1, 0.15) is 11.1 Å². The first-order chi connectivity index (χ1) is 10.2. The summed E-state index contributed by atoms with van der Waals surface area (Å²) in [5.41, 5.74) is 4.90. The molecule has 0 unspecified atom stereocenters. The van der Waals surface area contributed by atoms with Gasteiger partial charge in [-0.3, -0.25) is 0 Å². The van der Waals surface area contributed by atoms with Crippen LogP contribution in [0, 0.1) is 6.92 Å². The average molecular weight is 343 g/mol. The molecule has 0 fully saturated rings. The number of anilines is 2. The van der Waals surface area contributed by atoms with Crippen LogP contribution in [0.25, 0.3) is 11.1 Å². The molecule has 0 amide bonds. The van der Waals surface area contributed by atoms with E-state index in [9.17, 15) is 0 Å². The number of benzene rings is 2. The summed E-state index contributed by atoms with van der Waals surface area (Å²) >= 11 is 3.42. The minimum Gasteiger partial charge on any atom is -0.423 e. The van der Waals surface area contributed by atoms with Crippen LogP contribution in [-0.2, 0) is 6.42 Å². The quantitative estimate of drug-likeness (QED) is 0.647. The fraction of sp³-hybridized carbons (Fsp3) is 0.118. The van der Waals surface area contributed by atoms with Gasteiger partial charge in [-0.25, -0.2) is 0 Å². The SMILES string of the molecule is C=CCc1cc(C)cc2nc(Nc3ccc(Br)cc3)oc12. The molecule has 21 heavy (non-hydrogen) atoms. The van der Waals surface area contributed by atoms with Crippen molar-refractivity contribution in [2.75, 3.05) is 5.32 Å². The highest BCUT2D eigenvalue weighted by Crippen LogP contribution is 2.27. The van der Waals surface area contributed by atoms with E-state index >= 15 is 0 Å². The summed E-state index contributed by atoms with van der Waals surface area (Å²) < 4.78 is 6.90. The Morgan fingerprint density at radius 1 is 1.29 bits per heavy atom. The van der Waals surface area contributed by atoms with Gasteiger partial charge in [-0.1, -0.05) is 28.1 Å². The summed E-state index contributed by atoms with van der Waals surface area (Å²) in [5.74, 6) is 0. The maximum absolute atomic E-state index is 5.86. The van der Waals surface area contributed by atoms with Gasteiger partial charge in [0.1, 0.15) is 5.52 Å². The maximum atomic E-state index is 5.86. The molecule has 0 saturated carbocycles. The van der Waals surface area contributed by atoms with Crippen molar-refractivity contribution in [3.63, 3.8) is 0 Å². The zero-order chi connectivity index (χ0) is 14.8. The zero-order valence-electron chi connectivity index (χ0n) is 11.7. The predicted octanol–water partition coefficient (Wildman–Crippen LogP) is 5.37. The van der Waals surface area contributed by atoms with Crippen LogP contribution in [0.15, 0.2) is 57.9 Å². The second-order valence-electron chi connectivity index (χ2n) is 4.92. The fourth-order valence-electron chi connectivity index (χ4n) is 2.27. The third-order valence-corrected chi connectivity index (χ3v) is 3.70. The summed E-state index contributed by atoms with van der Waals surface area (Å²) in [5, 5.41) is 3.18. The number of allylic oxidation sites excluding steroid dienone is 1. The number of fused-ring (bicyclic) bond motifs is 1. The fourth-order valence-corrected chi connectivity index (χ4v) is 2.54. The molecule has 0 radical (unpaired) electrons. The van der Waals surface area contributed by atoms with Crippen LogP contribution in [0.3, 0.4) is 0 Å². The van der Waals surface area contributed by atoms with Crippen LogP contribution in [-0.4, -0.2) is 4.98 Å². The molecule has 3 aromatic rings. The molecule has 0 aliphatic rings. The third-order valence-electron chi connectivity index (χ3n) is 3.17. The number of aryl methyl sites for hydroxylation is 1. The highest BCUT2D eigenvalue weighted by molar-refractivity contribution is 9.10. The Hall–Kier alpha value is -2.07. The van der Waals surface area contributed by atoms with Gasteiger partial charge in [0.2, 0.25) is 0 Å². The van der Waals surface area contributed by atoms with Gasteiger partial charge in [-0.2, -0.15) is 4.98 Å². The van der Waals surface area contributed by atoms with Gasteiger partial charge in [0.15, 0.2) is 5.58 Å². The highest BCUT2D eigenvalue weighted by Gasteiger charge is 2.10. The molecule has 1 N–H and O–H groups in total. The first-order valence-corrected chi connectivity index (χ1v) is 7.48. The number of nitrogens with one attached hydrogen (secondary N) is 1. The molecule has 0 aliphatic carbocycles. The van der Waals surface area contributed by atoms with Crippen LogP contribution < -0.4 is 5.32 Å². The molecule has 1 heterocycles. The molecule has 0 spiro atoms. The van der Waals surface area contributed by atoms with Crippen molar-refractivity contribution in [3.8, 4) is 0 Å². The molecular weight excluding hydrogens is 328 g/mol. The molecule has 0 bridgehead atoms. The van der Waals surface area contributed by atoms with E-state index in [1.165, 1.54) is 5.56 Å². The Bertz CT molecular complexity index is 790. The van der Waals surface area contributed by atoms with Crippen LogP contribution in [0.4, 0.5) is 11.7 Å². The molecule has 3 rings (SSSR count). The molecule has 3 nitrogen and oxygen atoms in total. The first kappa shape index (κ1) is 13.9. The summed E-state index contributed by atoms with van der Waals surface area (Å²) in [6.07, 6.45) is 2.64. The smallest absolute Gasteiger partial charge is 0.300 e. The van der Waals surface area contributed by atoms with Crippen molar-refractivity contribution < 1.29 is 4.42 Å². The maximum Gasteiger partial charge on any atom is 0.300 e. The van der Waals surface area contributed by atoms with E-state index in [0.29, 0.717) is 6.01 Å². The molecular formula is C17H15BrN2O. The lowest BCUT2D eigenvalue weighted by atomic mass is 10.1. The van der Waals surface area contributed by atoms with Gasteiger partial charge in [-0.05, 0) is 49.2 Å². The molecule has 0 saturated heterocycles. The van der Waals surface area contributed by atoms with Gasteiger partial charge in [0.05, 0.1) is 0 Å². The topological polar surface area (TPSA) is 38.1 Å². The van der Waals surface area contributed by atoms with E-state index in [0.717, 1.165) is 33.2 Å². The van der Waals surface area contributed by atoms with Gasteiger partial charge in [0, 0.05) is 15.7 Å². The number of halogens is 1. The number of hydrogen-bond donors (Lipinski definition) is 1. The van der Waals surface area contributed by atoms with Crippen molar-refractivity contribution >= 4 is 38.7 Å². The number of hydrogen-bond acceptors (Lipinski definition) is 3. The van der Waals surface area contributed by atoms with E-state index in [2.05, 4.69) is 45.8 Å². The molecule has 0 aliphatic heterocycles. The van der Waals surface area contributed by atoms with E-state index in [1.807, 2.05) is 36.4 Å². The van der Waals surface area contributed by atoms with E-state index < -0.39 is 0 Å². The minimum absolute atomic E-state index is 0.503. The Morgan fingerprint density at radius 2 is 2.05 bits per heavy atom. The monoisotopic (exact) mass is 342 g/mol. The number of nitrogens with zero attached hydrogens (tertiary/aromatic N) is 1. The standard InChI is InChI=1S/C17H15BrN2O/c1-3-4-12-9-11(2)10-15-16(12)21-17(20-15)19-14-7-5-13(18)6-8-14/h3,5-10H,1,4H2,2H3,(H,19,20). The molecule has 106 valence electrons. The summed E-state index contributed by atoms with van der Waals surface area (Å²) in [4.78, 5) is 4.51. The molecule has 0 atom stereocenters. The highest BCUT2D eigenvalue weighted by atomic mass is 79.9. The molecule has 4 heteroatoms. The van der Waals surface area contributed by atoms with Crippen molar-refractivity contribution in [2.24, 2.45) is 0 Å². The summed E-state index contributed by atoms with van der Waals surface area (Å²) in [6, 6.07) is 12.5. The number of aromatic nitrogens is 1. The van der Waals surface area contributed by atoms with Crippen molar-refractivity contribution in [1.29, 1.82) is 0 Å². The van der Waals surface area contributed by atoms with Gasteiger partial charge in [-0.15, -0.1) is 6.58 Å². The van der Waals surface area contributed by atoms with Crippen molar-refractivity contribution in [2.45, 2.75) is 13.3 Å². The Labute approximate surface area is 131 Å². The van der Waals surface area contributed by atoms with E-state index in [-0.39, 0.29) is 0 Å². The van der Waals surface area contributed by atoms with Crippen molar-refractivity contribution in [3.05, 3.63) is 64.7 Å². The van der Waals surface area contributed by atoms with Gasteiger partial charge >= 0.3 is 0 Å². The predicted molar refractivity (Wildman–Crippen MR) is 90.1 cm³/mol. The summed E-state index contributed by atoms with van der Waals surface area (Å²) in [6.45, 7) is 5.85. The Balaban J connectivity index is 1.98. The Morgan fingerprint density at radius 3 is 2.76 bits per heavy atom. The average Bonchev–Trinajstić information content (AvgIpc) is 2.84. The number of rotatable bonds is 4. The minimum atomic E-state index is 0.503. The molecule has 2 aromatic carbocycles. The lowest BCUT2D eigenvalue weighted by Crippen LogP contribution is -1.89. The van der Waals surface area contributed by atoms with E-state index in [1.54, 1.807) is 0 Å². The van der Waals surface area contributed by atoms with Crippen LogP contribution >= 0.6 is 15.9 Å². The largest absolute Gasteiger partial charge is 0.423 e. The second kappa shape index (κ2) is 5.74. The van der Waals surface area contributed by atoms with Crippen LogP contribution in [0.2, 0.25) is 0 Å². The lowest BCUT2D eigenvalue weighted by Gasteiger charge is -2.01. The van der Waals surface area contributed by atoms with E-state index in [4.69, 9.17) is 4.42 Å². The van der Waals surface area contributed by atoms with Crippen LogP contribution in [0.5, 0.6) is 0 Å². The zero-order valence-corrected chi connectivity index (χ0v) is 13.3. The third kappa shape index (κ3) is 3.00. The number of oxazole rings is 1. The summed E-state index contributed by atoms with van der Waals surface area (Å²) in [7, 11) is 0. The van der Waals surface area contributed by atoms with Gasteiger partial charge in [0.25, 0.3) is 6.01 Å².